The topological polar surface area (TPSA) is 48.2 Å². The van der Waals surface area contributed by atoms with Crippen molar-refractivity contribution in [1.29, 1.82) is 0 Å². The lowest BCUT2D eigenvalue weighted by Crippen LogP contribution is -2.49. The molecule has 0 aliphatic heterocycles. The number of rotatable bonds is 5. The van der Waals surface area contributed by atoms with Crippen LogP contribution in [0.4, 0.5) is 0 Å². The minimum atomic E-state index is 0.233. The van der Waals surface area contributed by atoms with Crippen LogP contribution in [-0.2, 0) is 18.3 Å². The number of aryl methyl sites for hydroxylation is 2. The molecule has 0 saturated heterocycles. The van der Waals surface area contributed by atoms with Crippen molar-refractivity contribution in [3.05, 3.63) is 41.5 Å². The van der Waals surface area contributed by atoms with Crippen LogP contribution in [0.15, 0.2) is 28.8 Å². The molecule has 0 radical (unpaired) electrons. The van der Waals surface area contributed by atoms with Gasteiger partial charge < -0.3 is 9.26 Å². The summed E-state index contributed by atoms with van der Waals surface area (Å²) in [7, 11) is 1.69. The van der Waals surface area contributed by atoms with E-state index in [1.165, 1.54) is 44.1 Å². The Kier molecular flexibility index (Phi) is 3.61. The van der Waals surface area contributed by atoms with Gasteiger partial charge in [-0.3, -0.25) is 0 Å². The predicted octanol–water partition coefficient (Wildman–Crippen LogP) is 4.33. The minimum Gasteiger partial charge on any atom is -0.497 e. The van der Waals surface area contributed by atoms with Gasteiger partial charge in [-0.15, -0.1) is 0 Å². The van der Waals surface area contributed by atoms with E-state index < -0.39 is 0 Å². The molecule has 4 heteroatoms. The second-order valence-electron chi connectivity index (χ2n) is 8.56. The summed E-state index contributed by atoms with van der Waals surface area (Å²) in [5.41, 5.74) is 1.51. The quantitative estimate of drug-likeness (QED) is 0.814. The maximum atomic E-state index is 5.63. The lowest BCUT2D eigenvalue weighted by atomic mass is 9.49. The molecule has 4 aliphatic rings. The average molecular weight is 338 g/mol. The molecule has 4 fully saturated rings. The lowest BCUT2D eigenvalue weighted by molar-refractivity contribution is -0.0103. The van der Waals surface area contributed by atoms with E-state index in [4.69, 9.17) is 14.2 Å². The Morgan fingerprint density at radius 1 is 1.00 bits per heavy atom. The molecular formula is C21H26N2O2. The SMILES string of the molecule is COc1ccc(CCc2nc(C34CC5CC(CC(C5)C3)C4)no2)cc1. The molecule has 0 amide bonds. The summed E-state index contributed by atoms with van der Waals surface area (Å²) < 4.78 is 10.8. The van der Waals surface area contributed by atoms with Crippen molar-refractivity contribution in [1.82, 2.24) is 10.1 Å². The molecule has 132 valence electrons. The molecule has 0 N–H and O–H groups in total. The van der Waals surface area contributed by atoms with Gasteiger partial charge in [0.2, 0.25) is 5.89 Å². The van der Waals surface area contributed by atoms with E-state index in [1.54, 1.807) is 7.11 Å². The van der Waals surface area contributed by atoms with E-state index in [2.05, 4.69) is 17.3 Å². The van der Waals surface area contributed by atoms with Crippen LogP contribution in [0.25, 0.3) is 0 Å². The van der Waals surface area contributed by atoms with Crippen LogP contribution in [0.3, 0.4) is 0 Å². The first-order chi connectivity index (χ1) is 12.2. The highest BCUT2D eigenvalue weighted by Crippen LogP contribution is 2.60. The largest absolute Gasteiger partial charge is 0.497 e. The van der Waals surface area contributed by atoms with Crippen LogP contribution in [0.1, 0.15) is 55.8 Å². The molecule has 1 aromatic heterocycles. The summed E-state index contributed by atoms with van der Waals surface area (Å²) in [6.07, 6.45) is 9.94. The van der Waals surface area contributed by atoms with Crippen LogP contribution < -0.4 is 4.74 Å². The van der Waals surface area contributed by atoms with Gasteiger partial charge in [0.1, 0.15) is 5.75 Å². The molecule has 1 heterocycles. The van der Waals surface area contributed by atoms with Crippen LogP contribution in [0.2, 0.25) is 0 Å². The van der Waals surface area contributed by atoms with E-state index in [9.17, 15) is 0 Å². The van der Waals surface area contributed by atoms with Gasteiger partial charge in [-0.25, -0.2) is 0 Å². The standard InChI is InChI=1S/C21H26N2O2/c1-24-18-5-2-14(3-6-18)4-7-19-22-20(23-25-19)21-11-15-8-16(12-21)10-17(9-15)13-21/h2-3,5-6,15-17H,4,7-13H2,1H3. The number of hydrogen-bond acceptors (Lipinski definition) is 4. The van der Waals surface area contributed by atoms with Gasteiger partial charge in [-0.05, 0) is 80.4 Å². The van der Waals surface area contributed by atoms with Crippen molar-refractivity contribution in [2.45, 2.75) is 56.8 Å². The van der Waals surface area contributed by atoms with Crippen molar-refractivity contribution < 1.29 is 9.26 Å². The third-order valence-corrected chi connectivity index (χ3v) is 6.77. The summed E-state index contributed by atoms with van der Waals surface area (Å²) in [6, 6.07) is 8.22. The molecular weight excluding hydrogens is 312 g/mol. The first kappa shape index (κ1) is 15.4. The zero-order valence-corrected chi connectivity index (χ0v) is 14.9. The molecule has 2 aromatic rings. The summed E-state index contributed by atoms with van der Waals surface area (Å²) in [5.74, 6) is 5.43. The Hall–Kier alpha value is -1.84. The lowest BCUT2D eigenvalue weighted by Gasteiger charge is -2.55. The molecule has 4 bridgehead atoms. The fourth-order valence-corrected chi connectivity index (χ4v) is 6.00. The maximum absolute atomic E-state index is 5.63. The van der Waals surface area contributed by atoms with E-state index >= 15 is 0 Å². The normalized spacial score (nSPS) is 32.9. The van der Waals surface area contributed by atoms with Crippen molar-refractivity contribution in [2.24, 2.45) is 17.8 Å². The Morgan fingerprint density at radius 3 is 2.24 bits per heavy atom. The average Bonchev–Trinajstić information content (AvgIpc) is 3.09. The number of nitrogens with zero attached hydrogens (tertiary/aromatic N) is 2. The third-order valence-electron chi connectivity index (χ3n) is 6.77. The smallest absolute Gasteiger partial charge is 0.226 e. The first-order valence-corrected chi connectivity index (χ1v) is 9.68. The highest BCUT2D eigenvalue weighted by molar-refractivity contribution is 5.27. The summed E-state index contributed by atoms with van der Waals surface area (Å²) >= 11 is 0. The van der Waals surface area contributed by atoms with Crippen molar-refractivity contribution in [2.75, 3.05) is 7.11 Å². The summed E-state index contributed by atoms with van der Waals surface area (Å²) in [6.45, 7) is 0. The van der Waals surface area contributed by atoms with E-state index in [0.717, 1.165) is 48.1 Å². The fourth-order valence-electron chi connectivity index (χ4n) is 6.00. The van der Waals surface area contributed by atoms with Gasteiger partial charge in [0.25, 0.3) is 0 Å². The minimum absolute atomic E-state index is 0.233. The molecule has 1 aromatic carbocycles. The van der Waals surface area contributed by atoms with Crippen LogP contribution in [0.5, 0.6) is 5.75 Å². The number of ether oxygens (including phenoxy) is 1. The molecule has 0 spiro atoms. The monoisotopic (exact) mass is 338 g/mol. The highest BCUT2D eigenvalue weighted by Gasteiger charge is 2.53. The Bertz CT molecular complexity index is 714. The second kappa shape index (κ2) is 5.86. The van der Waals surface area contributed by atoms with Gasteiger partial charge >= 0.3 is 0 Å². The molecule has 4 nitrogen and oxygen atoms in total. The van der Waals surface area contributed by atoms with Gasteiger partial charge in [-0.2, -0.15) is 4.98 Å². The summed E-state index contributed by atoms with van der Waals surface area (Å²) in [4.78, 5) is 4.85. The highest BCUT2D eigenvalue weighted by atomic mass is 16.5. The van der Waals surface area contributed by atoms with Crippen molar-refractivity contribution >= 4 is 0 Å². The van der Waals surface area contributed by atoms with Crippen molar-refractivity contribution in [3.8, 4) is 5.75 Å². The molecule has 6 rings (SSSR count). The van der Waals surface area contributed by atoms with E-state index in [0.29, 0.717) is 0 Å². The van der Waals surface area contributed by atoms with Gasteiger partial charge in [0.15, 0.2) is 5.82 Å². The van der Waals surface area contributed by atoms with Gasteiger partial charge in [-0.1, -0.05) is 17.3 Å². The zero-order valence-electron chi connectivity index (χ0n) is 14.9. The summed E-state index contributed by atoms with van der Waals surface area (Å²) in [5, 5.41) is 4.44. The molecule has 0 atom stereocenters. The van der Waals surface area contributed by atoms with Crippen LogP contribution in [0, 0.1) is 17.8 Å². The third kappa shape index (κ3) is 2.76. The predicted molar refractivity (Wildman–Crippen MR) is 94.6 cm³/mol. The number of benzene rings is 1. The second-order valence-corrected chi connectivity index (χ2v) is 8.56. The Morgan fingerprint density at radius 2 is 1.64 bits per heavy atom. The van der Waals surface area contributed by atoms with Gasteiger partial charge in [0.05, 0.1) is 7.11 Å². The molecule has 4 saturated carbocycles. The maximum Gasteiger partial charge on any atom is 0.226 e. The number of hydrogen-bond donors (Lipinski definition) is 0. The zero-order chi connectivity index (χ0) is 16.9. The van der Waals surface area contributed by atoms with Crippen LogP contribution >= 0.6 is 0 Å². The molecule has 4 aliphatic carbocycles. The van der Waals surface area contributed by atoms with Crippen molar-refractivity contribution in [3.63, 3.8) is 0 Å². The van der Waals surface area contributed by atoms with Gasteiger partial charge in [0, 0.05) is 11.8 Å². The number of aromatic nitrogens is 2. The number of methoxy groups -OCH3 is 1. The van der Waals surface area contributed by atoms with Crippen LogP contribution in [-0.4, -0.2) is 17.3 Å². The first-order valence-electron chi connectivity index (χ1n) is 9.68. The Balaban J connectivity index is 1.29. The van der Waals surface area contributed by atoms with E-state index in [1.807, 2.05) is 12.1 Å². The Labute approximate surface area is 149 Å². The van der Waals surface area contributed by atoms with E-state index in [-0.39, 0.29) is 5.41 Å². The molecule has 25 heavy (non-hydrogen) atoms. The molecule has 0 unspecified atom stereocenters. The fraction of sp³-hybridized carbons (Fsp3) is 0.619.